The average molecular weight is 407 g/mol. The first-order valence-electron chi connectivity index (χ1n) is 9.58. The summed E-state index contributed by atoms with van der Waals surface area (Å²) in [6.45, 7) is 3.98. The first-order chi connectivity index (χ1) is 13.8. The number of amides is 1. The Morgan fingerprint density at radius 2 is 1.86 bits per heavy atom. The van der Waals surface area contributed by atoms with Gasteiger partial charge < -0.3 is 15.0 Å². The van der Waals surface area contributed by atoms with Gasteiger partial charge in [-0.3, -0.25) is 4.79 Å². The van der Waals surface area contributed by atoms with Crippen molar-refractivity contribution in [2.24, 2.45) is 5.92 Å². The van der Waals surface area contributed by atoms with Gasteiger partial charge in [0.2, 0.25) is 5.91 Å². The van der Waals surface area contributed by atoms with Crippen molar-refractivity contribution in [2.75, 3.05) is 31.1 Å². The maximum atomic E-state index is 12.6. The van der Waals surface area contributed by atoms with E-state index < -0.39 is 11.7 Å². The number of rotatable bonds is 6. The van der Waals surface area contributed by atoms with Crippen molar-refractivity contribution < 1.29 is 22.7 Å². The number of aromatic nitrogens is 1. The minimum Gasteiger partial charge on any atom is -0.492 e. The Balaban J connectivity index is 1.39. The van der Waals surface area contributed by atoms with Gasteiger partial charge in [-0.2, -0.15) is 13.2 Å². The highest BCUT2D eigenvalue weighted by Crippen LogP contribution is 2.30. The molecular formula is C21H24F3N3O2. The summed E-state index contributed by atoms with van der Waals surface area (Å²) in [5, 5.41) is 2.89. The summed E-state index contributed by atoms with van der Waals surface area (Å²) in [6, 6.07) is 10.1. The third-order valence-electron chi connectivity index (χ3n) is 4.96. The number of anilines is 1. The number of hydrogen-bond acceptors (Lipinski definition) is 4. The fourth-order valence-corrected chi connectivity index (χ4v) is 3.23. The van der Waals surface area contributed by atoms with Gasteiger partial charge >= 0.3 is 6.18 Å². The number of benzene rings is 1. The summed E-state index contributed by atoms with van der Waals surface area (Å²) in [5.41, 5.74) is 0.395. The van der Waals surface area contributed by atoms with Crippen LogP contribution in [0.25, 0.3) is 0 Å². The topological polar surface area (TPSA) is 54.5 Å². The number of alkyl halides is 3. The van der Waals surface area contributed by atoms with Crippen molar-refractivity contribution in [3.8, 4) is 5.75 Å². The van der Waals surface area contributed by atoms with E-state index in [1.807, 2.05) is 36.1 Å². The first-order valence-corrected chi connectivity index (χ1v) is 9.58. The Morgan fingerprint density at radius 3 is 2.45 bits per heavy atom. The van der Waals surface area contributed by atoms with Gasteiger partial charge in [0.05, 0.1) is 12.1 Å². The molecule has 0 unspecified atom stereocenters. The Kier molecular flexibility index (Phi) is 6.61. The number of ether oxygens (including phenoxy) is 1. The zero-order chi connectivity index (χ0) is 20.9. The molecule has 0 bridgehead atoms. The van der Waals surface area contributed by atoms with Crippen LogP contribution in [0.1, 0.15) is 24.0 Å². The number of hydrogen-bond donors (Lipinski definition) is 1. The number of carbonyl (C=O) groups is 1. The van der Waals surface area contributed by atoms with Gasteiger partial charge in [0.1, 0.15) is 18.2 Å². The van der Waals surface area contributed by atoms with Crippen LogP contribution in [-0.4, -0.2) is 37.1 Å². The highest BCUT2D eigenvalue weighted by Gasteiger charge is 2.31. The number of nitrogens with zero attached hydrogens (tertiary/aromatic N) is 2. The van der Waals surface area contributed by atoms with Crippen LogP contribution in [-0.2, 0) is 11.0 Å². The summed E-state index contributed by atoms with van der Waals surface area (Å²) in [7, 11) is 0. The molecule has 1 amide bonds. The lowest BCUT2D eigenvalue weighted by atomic mass is 9.96. The van der Waals surface area contributed by atoms with Crippen LogP contribution in [0.5, 0.6) is 5.75 Å². The Labute approximate surface area is 167 Å². The molecule has 8 heteroatoms. The number of carbonyl (C=O) groups excluding carboxylic acids is 1. The highest BCUT2D eigenvalue weighted by molar-refractivity contribution is 5.78. The van der Waals surface area contributed by atoms with E-state index in [1.165, 1.54) is 6.07 Å². The van der Waals surface area contributed by atoms with Crippen LogP contribution < -0.4 is 15.0 Å². The quantitative estimate of drug-likeness (QED) is 0.740. The summed E-state index contributed by atoms with van der Waals surface area (Å²) in [5.74, 6) is 1.14. The molecule has 29 heavy (non-hydrogen) atoms. The fourth-order valence-electron chi connectivity index (χ4n) is 3.23. The van der Waals surface area contributed by atoms with E-state index in [0.717, 1.165) is 23.6 Å². The number of piperidine rings is 1. The van der Waals surface area contributed by atoms with E-state index in [0.29, 0.717) is 44.9 Å². The standard InChI is InChI=1S/C21H24F3N3O2/c1-15-2-5-18(6-3-15)29-13-10-25-20(28)16-8-11-27(12-9-16)19-7-4-17(14-26-19)21(22,23)24/h2-7,14,16H,8-13H2,1H3,(H,25,28). The third-order valence-corrected chi connectivity index (χ3v) is 4.96. The molecule has 156 valence electrons. The first kappa shape index (κ1) is 21.0. The molecule has 0 aliphatic carbocycles. The van der Waals surface area contributed by atoms with Crippen LogP contribution in [0.2, 0.25) is 0 Å². The zero-order valence-electron chi connectivity index (χ0n) is 16.2. The third kappa shape index (κ3) is 5.85. The summed E-state index contributed by atoms with van der Waals surface area (Å²) < 4.78 is 43.5. The van der Waals surface area contributed by atoms with Crippen LogP contribution in [0, 0.1) is 12.8 Å². The number of nitrogens with one attached hydrogen (secondary N) is 1. The molecule has 1 fully saturated rings. The molecule has 1 saturated heterocycles. The lowest BCUT2D eigenvalue weighted by Gasteiger charge is -2.32. The number of halogens is 3. The van der Waals surface area contributed by atoms with Gasteiger partial charge in [0.15, 0.2) is 0 Å². The summed E-state index contributed by atoms with van der Waals surface area (Å²) >= 11 is 0. The van der Waals surface area contributed by atoms with Crippen LogP contribution in [0.15, 0.2) is 42.6 Å². The zero-order valence-corrected chi connectivity index (χ0v) is 16.2. The Bertz CT molecular complexity index is 799. The van der Waals surface area contributed by atoms with Crippen molar-refractivity contribution in [1.29, 1.82) is 0 Å². The number of aryl methyl sites for hydroxylation is 1. The van der Waals surface area contributed by atoms with Gasteiger partial charge in [-0.25, -0.2) is 4.98 Å². The molecule has 2 heterocycles. The lowest BCUT2D eigenvalue weighted by Crippen LogP contribution is -2.41. The number of pyridine rings is 1. The molecular weight excluding hydrogens is 383 g/mol. The predicted octanol–water partition coefficient (Wildman–Crippen LogP) is 3.82. The highest BCUT2D eigenvalue weighted by atomic mass is 19.4. The summed E-state index contributed by atoms with van der Waals surface area (Å²) in [6.07, 6.45) is -2.28. The molecule has 0 spiro atoms. The molecule has 5 nitrogen and oxygen atoms in total. The molecule has 1 aromatic carbocycles. The van der Waals surface area contributed by atoms with Crippen molar-refractivity contribution in [3.05, 3.63) is 53.7 Å². The molecule has 2 aromatic rings. The van der Waals surface area contributed by atoms with Gasteiger partial charge in [0, 0.05) is 25.2 Å². The van der Waals surface area contributed by atoms with E-state index in [1.54, 1.807) is 0 Å². The lowest BCUT2D eigenvalue weighted by molar-refractivity contribution is -0.137. The van der Waals surface area contributed by atoms with Crippen molar-refractivity contribution in [1.82, 2.24) is 10.3 Å². The molecule has 1 aliphatic heterocycles. The van der Waals surface area contributed by atoms with Gasteiger partial charge in [-0.15, -0.1) is 0 Å². The predicted molar refractivity (Wildman–Crippen MR) is 104 cm³/mol. The second-order valence-corrected chi connectivity index (χ2v) is 7.12. The second-order valence-electron chi connectivity index (χ2n) is 7.12. The molecule has 1 N–H and O–H groups in total. The van der Waals surface area contributed by atoms with Gasteiger partial charge in [-0.1, -0.05) is 17.7 Å². The molecule has 0 atom stereocenters. The van der Waals surface area contributed by atoms with Gasteiger partial charge in [-0.05, 0) is 44.0 Å². The molecule has 1 aliphatic rings. The Morgan fingerprint density at radius 1 is 1.17 bits per heavy atom. The second kappa shape index (κ2) is 9.15. The van der Waals surface area contributed by atoms with Gasteiger partial charge in [0.25, 0.3) is 0 Å². The van der Waals surface area contributed by atoms with Crippen molar-refractivity contribution in [2.45, 2.75) is 25.9 Å². The molecule has 0 radical (unpaired) electrons. The van der Waals surface area contributed by atoms with Crippen LogP contribution in [0.3, 0.4) is 0 Å². The average Bonchev–Trinajstić information content (AvgIpc) is 2.72. The van der Waals surface area contributed by atoms with Crippen molar-refractivity contribution >= 4 is 11.7 Å². The fraction of sp³-hybridized carbons (Fsp3) is 0.429. The molecule has 1 aromatic heterocycles. The van der Waals surface area contributed by atoms with E-state index in [2.05, 4.69) is 10.3 Å². The smallest absolute Gasteiger partial charge is 0.417 e. The van der Waals surface area contributed by atoms with Crippen LogP contribution in [0.4, 0.5) is 19.0 Å². The molecule has 3 rings (SSSR count). The Hall–Kier alpha value is -2.77. The van der Waals surface area contributed by atoms with Crippen molar-refractivity contribution in [3.63, 3.8) is 0 Å². The maximum Gasteiger partial charge on any atom is 0.417 e. The SMILES string of the molecule is Cc1ccc(OCCNC(=O)C2CCN(c3ccc(C(F)(F)F)cn3)CC2)cc1. The normalized spacial score (nSPS) is 15.2. The monoisotopic (exact) mass is 407 g/mol. The van der Waals surface area contributed by atoms with E-state index in [-0.39, 0.29) is 11.8 Å². The summed E-state index contributed by atoms with van der Waals surface area (Å²) in [4.78, 5) is 18.2. The van der Waals surface area contributed by atoms with E-state index >= 15 is 0 Å². The van der Waals surface area contributed by atoms with E-state index in [4.69, 9.17) is 4.74 Å². The maximum absolute atomic E-state index is 12.6. The van der Waals surface area contributed by atoms with Crippen LogP contribution >= 0.6 is 0 Å². The minimum absolute atomic E-state index is 0.0162. The minimum atomic E-state index is -4.39. The molecule has 0 saturated carbocycles. The van der Waals surface area contributed by atoms with E-state index in [9.17, 15) is 18.0 Å². The largest absolute Gasteiger partial charge is 0.492 e.